The molecule has 1 aromatic rings. The molecule has 1 N–H and O–H groups in total. The summed E-state index contributed by atoms with van der Waals surface area (Å²) in [4.78, 5) is 0. The van der Waals surface area contributed by atoms with Gasteiger partial charge in [-0.15, -0.1) is 0 Å². The van der Waals surface area contributed by atoms with Crippen LogP contribution in [-0.4, -0.2) is 26.3 Å². The third kappa shape index (κ3) is 8.23. The molecule has 0 aliphatic heterocycles. The van der Waals surface area contributed by atoms with Gasteiger partial charge < -0.3 is 10.1 Å². The van der Waals surface area contributed by atoms with E-state index in [0.717, 1.165) is 39.1 Å². The zero-order chi connectivity index (χ0) is 15.3. The van der Waals surface area contributed by atoms with Crippen LogP contribution in [0.25, 0.3) is 0 Å². The first kappa shape index (κ1) is 18.2. The van der Waals surface area contributed by atoms with Crippen molar-refractivity contribution >= 4 is 0 Å². The second kappa shape index (κ2) is 11.8. The third-order valence-electron chi connectivity index (χ3n) is 3.94. The quantitative estimate of drug-likeness (QED) is 0.578. The lowest BCUT2D eigenvalue weighted by molar-refractivity contribution is 0.117. The van der Waals surface area contributed by atoms with Gasteiger partial charge in [-0.25, -0.2) is 0 Å². The van der Waals surface area contributed by atoms with E-state index >= 15 is 0 Å². The maximum Gasteiger partial charge on any atom is 0.0469 e. The molecule has 120 valence electrons. The highest BCUT2D eigenvalue weighted by molar-refractivity contribution is 5.25. The molecule has 0 aliphatic carbocycles. The van der Waals surface area contributed by atoms with Crippen LogP contribution in [0.5, 0.6) is 0 Å². The second-order valence-corrected chi connectivity index (χ2v) is 5.96. The van der Waals surface area contributed by atoms with Gasteiger partial charge in [-0.1, -0.05) is 44.5 Å². The van der Waals surface area contributed by atoms with Crippen LogP contribution in [0.2, 0.25) is 0 Å². The Kier molecular flexibility index (Phi) is 10.2. The molecule has 1 aromatic carbocycles. The molecule has 0 saturated carbocycles. The van der Waals surface area contributed by atoms with Crippen molar-refractivity contribution in [3.8, 4) is 0 Å². The molecule has 0 radical (unpaired) electrons. The van der Waals surface area contributed by atoms with Crippen molar-refractivity contribution in [1.29, 1.82) is 0 Å². The molecule has 0 aromatic heterocycles. The van der Waals surface area contributed by atoms with Crippen molar-refractivity contribution in [3.05, 3.63) is 35.4 Å². The number of hydrogen-bond donors (Lipinski definition) is 1. The van der Waals surface area contributed by atoms with E-state index in [1.165, 1.54) is 30.4 Å². The lowest BCUT2D eigenvalue weighted by atomic mass is 9.93. The van der Waals surface area contributed by atoms with Gasteiger partial charge in [-0.05, 0) is 62.7 Å². The SMILES string of the molecule is CCCCOCCC(CNCCC)Cc1ccccc1C. The highest BCUT2D eigenvalue weighted by atomic mass is 16.5. The normalized spacial score (nSPS) is 12.5. The van der Waals surface area contributed by atoms with Crippen LogP contribution >= 0.6 is 0 Å². The van der Waals surface area contributed by atoms with Gasteiger partial charge in [0.2, 0.25) is 0 Å². The molecule has 2 heteroatoms. The Morgan fingerprint density at radius 3 is 2.62 bits per heavy atom. The summed E-state index contributed by atoms with van der Waals surface area (Å²) >= 11 is 0. The van der Waals surface area contributed by atoms with Crippen molar-refractivity contribution in [2.75, 3.05) is 26.3 Å². The number of nitrogens with one attached hydrogen (secondary N) is 1. The number of unbranched alkanes of at least 4 members (excludes halogenated alkanes) is 1. The summed E-state index contributed by atoms with van der Waals surface area (Å²) in [7, 11) is 0. The molecular weight excluding hydrogens is 258 g/mol. The van der Waals surface area contributed by atoms with Crippen molar-refractivity contribution < 1.29 is 4.74 Å². The fourth-order valence-electron chi connectivity index (χ4n) is 2.51. The van der Waals surface area contributed by atoms with Gasteiger partial charge in [-0.2, -0.15) is 0 Å². The minimum atomic E-state index is 0.666. The molecule has 1 unspecified atom stereocenters. The first-order valence-electron chi connectivity index (χ1n) is 8.60. The zero-order valence-electron chi connectivity index (χ0n) is 14.2. The summed E-state index contributed by atoms with van der Waals surface area (Å²) in [6, 6.07) is 8.75. The molecule has 2 nitrogen and oxygen atoms in total. The number of rotatable bonds is 12. The summed E-state index contributed by atoms with van der Waals surface area (Å²) in [6.45, 7) is 10.7. The Labute approximate surface area is 131 Å². The minimum Gasteiger partial charge on any atom is -0.381 e. The van der Waals surface area contributed by atoms with Gasteiger partial charge >= 0.3 is 0 Å². The Bertz CT molecular complexity index is 364. The monoisotopic (exact) mass is 291 g/mol. The van der Waals surface area contributed by atoms with Gasteiger partial charge in [0.1, 0.15) is 0 Å². The molecule has 0 amide bonds. The van der Waals surface area contributed by atoms with Crippen molar-refractivity contribution in [2.45, 2.75) is 52.9 Å². The van der Waals surface area contributed by atoms with Crippen molar-refractivity contribution in [3.63, 3.8) is 0 Å². The maximum atomic E-state index is 5.75. The van der Waals surface area contributed by atoms with E-state index in [1.54, 1.807) is 0 Å². The first-order valence-corrected chi connectivity index (χ1v) is 8.60. The molecule has 1 rings (SSSR count). The van der Waals surface area contributed by atoms with Gasteiger partial charge in [0.25, 0.3) is 0 Å². The number of aryl methyl sites for hydroxylation is 1. The van der Waals surface area contributed by atoms with Crippen molar-refractivity contribution in [1.82, 2.24) is 5.32 Å². The first-order chi connectivity index (χ1) is 10.3. The standard InChI is InChI=1S/C19H33NO/c1-4-6-13-21-14-11-18(16-20-12-5-2)15-19-10-8-7-9-17(19)3/h7-10,18,20H,4-6,11-16H2,1-3H3. The van der Waals surface area contributed by atoms with Crippen LogP contribution in [0, 0.1) is 12.8 Å². The summed E-state index contributed by atoms with van der Waals surface area (Å²) in [5, 5.41) is 3.57. The molecule has 1 atom stereocenters. The minimum absolute atomic E-state index is 0.666. The Balaban J connectivity index is 2.41. The summed E-state index contributed by atoms with van der Waals surface area (Å²) in [6.07, 6.45) is 5.89. The van der Waals surface area contributed by atoms with Crippen LogP contribution in [0.15, 0.2) is 24.3 Å². The highest BCUT2D eigenvalue weighted by Crippen LogP contribution is 2.16. The summed E-state index contributed by atoms with van der Waals surface area (Å²) < 4.78 is 5.75. The largest absolute Gasteiger partial charge is 0.381 e. The Hall–Kier alpha value is -0.860. The molecule has 21 heavy (non-hydrogen) atoms. The van der Waals surface area contributed by atoms with E-state index in [2.05, 4.69) is 50.4 Å². The smallest absolute Gasteiger partial charge is 0.0469 e. The fraction of sp³-hybridized carbons (Fsp3) is 0.684. The van der Waals surface area contributed by atoms with E-state index < -0.39 is 0 Å². The molecule has 0 fully saturated rings. The maximum absolute atomic E-state index is 5.75. The summed E-state index contributed by atoms with van der Waals surface area (Å²) in [5.74, 6) is 0.666. The lowest BCUT2D eigenvalue weighted by Gasteiger charge is -2.19. The summed E-state index contributed by atoms with van der Waals surface area (Å²) in [5.41, 5.74) is 2.89. The number of ether oxygens (including phenoxy) is 1. The third-order valence-corrected chi connectivity index (χ3v) is 3.94. The van der Waals surface area contributed by atoms with Crippen LogP contribution in [0.4, 0.5) is 0 Å². The van der Waals surface area contributed by atoms with E-state index in [4.69, 9.17) is 4.74 Å². The van der Waals surface area contributed by atoms with Crippen LogP contribution in [0.1, 0.15) is 50.7 Å². The van der Waals surface area contributed by atoms with E-state index in [1.807, 2.05) is 0 Å². The van der Waals surface area contributed by atoms with Crippen LogP contribution in [0.3, 0.4) is 0 Å². The molecular formula is C19H33NO. The van der Waals surface area contributed by atoms with E-state index in [-0.39, 0.29) is 0 Å². The molecule has 0 aliphatic rings. The average molecular weight is 291 g/mol. The Morgan fingerprint density at radius 1 is 1.10 bits per heavy atom. The molecule has 0 bridgehead atoms. The predicted molar refractivity (Wildman–Crippen MR) is 91.9 cm³/mol. The topological polar surface area (TPSA) is 21.3 Å². The van der Waals surface area contributed by atoms with Gasteiger partial charge in [-0.3, -0.25) is 0 Å². The van der Waals surface area contributed by atoms with E-state index in [0.29, 0.717) is 5.92 Å². The Morgan fingerprint density at radius 2 is 1.90 bits per heavy atom. The van der Waals surface area contributed by atoms with Gasteiger partial charge in [0, 0.05) is 13.2 Å². The number of hydrogen-bond acceptors (Lipinski definition) is 2. The van der Waals surface area contributed by atoms with Crippen molar-refractivity contribution in [2.24, 2.45) is 5.92 Å². The second-order valence-electron chi connectivity index (χ2n) is 5.96. The van der Waals surface area contributed by atoms with Gasteiger partial charge in [0.15, 0.2) is 0 Å². The van der Waals surface area contributed by atoms with Gasteiger partial charge in [0.05, 0.1) is 0 Å². The zero-order valence-corrected chi connectivity index (χ0v) is 14.2. The van der Waals surface area contributed by atoms with E-state index in [9.17, 15) is 0 Å². The highest BCUT2D eigenvalue weighted by Gasteiger charge is 2.11. The average Bonchev–Trinajstić information content (AvgIpc) is 2.49. The molecule has 0 heterocycles. The predicted octanol–water partition coefficient (Wildman–Crippen LogP) is 4.36. The molecule has 0 spiro atoms. The van der Waals surface area contributed by atoms with Crippen LogP contribution in [-0.2, 0) is 11.2 Å². The number of benzene rings is 1. The fourth-order valence-corrected chi connectivity index (χ4v) is 2.51. The lowest BCUT2D eigenvalue weighted by Crippen LogP contribution is -2.26. The molecule has 0 saturated heterocycles. The van der Waals surface area contributed by atoms with Crippen LogP contribution < -0.4 is 5.32 Å².